The van der Waals surface area contributed by atoms with Gasteiger partial charge < -0.3 is 10.5 Å². The van der Waals surface area contributed by atoms with Crippen LogP contribution in [0.3, 0.4) is 0 Å². The topological polar surface area (TPSA) is 82.5 Å². The first kappa shape index (κ1) is 20.3. The molecular formula is C21H22Br2N4O2. The van der Waals surface area contributed by atoms with Crippen LogP contribution in [0.4, 0.5) is 5.82 Å². The highest BCUT2D eigenvalue weighted by Gasteiger charge is 2.26. The third-order valence-electron chi connectivity index (χ3n) is 5.05. The second kappa shape index (κ2) is 8.44. The molecule has 0 atom stereocenters. The molecule has 152 valence electrons. The summed E-state index contributed by atoms with van der Waals surface area (Å²) >= 11 is 6.86. The Morgan fingerprint density at radius 1 is 1.10 bits per heavy atom. The maximum Gasteiger partial charge on any atom is 0.356 e. The lowest BCUT2D eigenvalue weighted by Crippen LogP contribution is -2.08. The smallest absolute Gasteiger partial charge is 0.356 e. The first-order valence-electron chi connectivity index (χ1n) is 9.72. The van der Waals surface area contributed by atoms with Crippen molar-refractivity contribution in [2.24, 2.45) is 0 Å². The first-order valence-corrected chi connectivity index (χ1v) is 11.3. The van der Waals surface area contributed by atoms with Gasteiger partial charge in [0.2, 0.25) is 0 Å². The Kier molecular flexibility index (Phi) is 5.92. The average Bonchev–Trinajstić information content (AvgIpc) is 3.61. The molecular weight excluding hydrogens is 500 g/mol. The molecule has 0 amide bonds. The second-order valence-corrected chi connectivity index (χ2v) is 9.07. The molecule has 2 saturated carbocycles. The number of halogens is 2. The summed E-state index contributed by atoms with van der Waals surface area (Å²) in [6.45, 7) is 2.17. The third kappa shape index (κ3) is 4.64. The average molecular weight is 522 g/mol. The van der Waals surface area contributed by atoms with Gasteiger partial charge in [-0.1, -0.05) is 0 Å². The van der Waals surface area contributed by atoms with E-state index in [1.165, 1.54) is 36.8 Å². The van der Waals surface area contributed by atoms with Gasteiger partial charge in [-0.3, -0.25) is 4.40 Å². The molecule has 6 nitrogen and oxygen atoms in total. The van der Waals surface area contributed by atoms with Crippen LogP contribution in [-0.2, 0) is 4.74 Å². The summed E-state index contributed by atoms with van der Waals surface area (Å²) in [6.07, 6.45) is 10.5. The molecule has 0 aliphatic heterocycles. The van der Waals surface area contributed by atoms with Crippen molar-refractivity contribution in [3.05, 3.63) is 56.5 Å². The predicted molar refractivity (Wildman–Crippen MR) is 119 cm³/mol. The number of nitrogens with zero attached hydrogens (tertiary/aromatic N) is 3. The van der Waals surface area contributed by atoms with Crippen LogP contribution in [0.15, 0.2) is 39.7 Å². The normalized spacial score (nSPS) is 15.7. The van der Waals surface area contributed by atoms with Gasteiger partial charge in [-0.2, -0.15) is 0 Å². The Balaban J connectivity index is 0.000000159. The molecule has 0 aromatic carbocycles. The Labute approximate surface area is 186 Å². The molecule has 29 heavy (non-hydrogen) atoms. The predicted octanol–water partition coefficient (Wildman–Crippen LogP) is 5.45. The van der Waals surface area contributed by atoms with Crippen LogP contribution in [-0.4, -0.2) is 26.9 Å². The number of fused-ring (bicyclic) bond motifs is 1. The highest BCUT2D eigenvalue weighted by Crippen LogP contribution is 2.41. The quantitative estimate of drug-likeness (QED) is 0.461. The number of nitrogen functional groups attached to an aromatic ring is 1. The lowest BCUT2D eigenvalue weighted by molar-refractivity contribution is 0.0518. The number of carbonyl (C=O) groups excluding carboxylic acids is 1. The van der Waals surface area contributed by atoms with Gasteiger partial charge >= 0.3 is 5.97 Å². The Morgan fingerprint density at radius 3 is 2.38 bits per heavy atom. The van der Waals surface area contributed by atoms with E-state index in [0.717, 1.165) is 20.5 Å². The van der Waals surface area contributed by atoms with E-state index < -0.39 is 0 Å². The fourth-order valence-corrected chi connectivity index (χ4v) is 4.09. The number of hydrogen-bond donors (Lipinski definition) is 1. The number of anilines is 1. The summed E-state index contributed by atoms with van der Waals surface area (Å²) in [4.78, 5) is 20.2. The van der Waals surface area contributed by atoms with Crippen molar-refractivity contribution in [2.75, 3.05) is 12.3 Å². The van der Waals surface area contributed by atoms with Gasteiger partial charge in [-0.05, 0) is 99.6 Å². The summed E-state index contributed by atoms with van der Waals surface area (Å²) in [5, 5.41) is 0. The number of pyridine rings is 2. The van der Waals surface area contributed by atoms with E-state index in [1.54, 1.807) is 13.1 Å². The number of ether oxygens (including phenoxy) is 1. The van der Waals surface area contributed by atoms with Crippen molar-refractivity contribution in [1.82, 2.24) is 14.4 Å². The van der Waals surface area contributed by atoms with Crippen molar-refractivity contribution in [1.29, 1.82) is 0 Å². The number of hydrogen-bond acceptors (Lipinski definition) is 5. The zero-order chi connectivity index (χ0) is 20.5. The van der Waals surface area contributed by atoms with E-state index in [0.29, 0.717) is 24.0 Å². The van der Waals surface area contributed by atoms with Gasteiger partial charge in [0.1, 0.15) is 5.82 Å². The minimum absolute atomic E-state index is 0.329. The molecule has 3 aromatic rings. The van der Waals surface area contributed by atoms with E-state index in [1.807, 2.05) is 16.8 Å². The SMILES string of the molecule is CCOC(=O)c1cnc2c(Br)cc(C3CC3)cn12.Nc1ncc(C2CC2)cc1Br. The molecule has 0 bridgehead atoms. The number of nitrogens with two attached hydrogens (primary N) is 1. The van der Waals surface area contributed by atoms with Crippen LogP contribution in [0, 0.1) is 0 Å². The zero-order valence-electron chi connectivity index (χ0n) is 16.1. The summed E-state index contributed by atoms with van der Waals surface area (Å²) in [5.41, 5.74) is 9.34. The molecule has 0 unspecified atom stereocenters. The third-order valence-corrected chi connectivity index (χ3v) is 6.27. The summed E-state index contributed by atoms with van der Waals surface area (Å²) in [7, 11) is 0. The maximum absolute atomic E-state index is 11.8. The highest BCUT2D eigenvalue weighted by atomic mass is 79.9. The number of imidazole rings is 1. The minimum Gasteiger partial charge on any atom is -0.461 e. The largest absolute Gasteiger partial charge is 0.461 e. The molecule has 2 N–H and O–H groups in total. The maximum atomic E-state index is 11.8. The molecule has 2 aliphatic rings. The molecule has 8 heteroatoms. The van der Waals surface area contributed by atoms with Crippen LogP contribution < -0.4 is 5.73 Å². The molecule has 2 fully saturated rings. The molecule has 0 radical (unpaired) electrons. The second-order valence-electron chi connectivity index (χ2n) is 7.36. The Bertz CT molecular complexity index is 1060. The lowest BCUT2D eigenvalue weighted by Gasteiger charge is -2.05. The summed E-state index contributed by atoms with van der Waals surface area (Å²) < 4.78 is 8.69. The van der Waals surface area contributed by atoms with Crippen molar-refractivity contribution in [2.45, 2.75) is 44.4 Å². The van der Waals surface area contributed by atoms with Crippen LogP contribution in [0.25, 0.3) is 5.65 Å². The monoisotopic (exact) mass is 520 g/mol. The fourth-order valence-electron chi connectivity index (χ4n) is 3.16. The number of esters is 1. The summed E-state index contributed by atoms with van der Waals surface area (Å²) in [6, 6.07) is 4.16. The highest BCUT2D eigenvalue weighted by molar-refractivity contribution is 9.11. The van der Waals surface area contributed by atoms with Crippen molar-refractivity contribution in [3.8, 4) is 0 Å². The molecule has 0 spiro atoms. The molecule has 2 aliphatic carbocycles. The van der Waals surface area contributed by atoms with E-state index in [-0.39, 0.29) is 5.97 Å². The minimum atomic E-state index is -0.329. The van der Waals surface area contributed by atoms with E-state index >= 15 is 0 Å². The summed E-state index contributed by atoms with van der Waals surface area (Å²) in [5.74, 6) is 1.63. The fraction of sp³-hybridized carbons (Fsp3) is 0.381. The van der Waals surface area contributed by atoms with E-state index in [9.17, 15) is 4.79 Å². The number of rotatable bonds is 4. The number of carbonyl (C=O) groups is 1. The molecule has 0 saturated heterocycles. The van der Waals surface area contributed by atoms with Gasteiger partial charge in [0.05, 0.1) is 21.7 Å². The molecule has 3 heterocycles. The van der Waals surface area contributed by atoms with Crippen LogP contribution in [0.2, 0.25) is 0 Å². The van der Waals surface area contributed by atoms with Gasteiger partial charge in [-0.15, -0.1) is 0 Å². The van der Waals surface area contributed by atoms with Crippen molar-refractivity contribution in [3.63, 3.8) is 0 Å². The number of aromatic nitrogens is 3. The van der Waals surface area contributed by atoms with Crippen molar-refractivity contribution >= 4 is 49.3 Å². The van der Waals surface area contributed by atoms with Gasteiger partial charge in [0.15, 0.2) is 11.3 Å². The lowest BCUT2D eigenvalue weighted by atomic mass is 10.2. The first-order chi connectivity index (χ1) is 14.0. The Hall–Kier alpha value is -1.93. The van der Waals surface area contributed by atoms with Crippen molar-refractivity contribution < 1.29 is 9.53 Å². The van der Waals surface area contributed by atoms with Crippen LogP contribution in [0.5, 0.6) is 0 Å². The molecule has 3 aromatic heterocycles. The van der Waals surface area contributed by atoms with Crippen LogP contribution in [0.1, 0.15) is 66.1 Å². The van der Waals surface area contributed by atoms with Gasteiger partial charge in [0.25, 0.3) is 0 Å². The van der Waals surface area contributed by atoms with Gasteiger partial charge in [-0.25, -0.2) is 14.8 Å². The molecule has 5 rings (SSSR count). The Morgan fingerprint density at radius 2 is 1.76 bits per heavy atom. The van der Waals surface area contributed by atoms with Crippen LogP contribution >= 0.6 is 31.9 Å². The zero-order valence-corrected chi connectivity index (χ0v) is 19.2. The van der Waals surface area contributed by atoms with Gasteiger partial charge in [0, 0.05) is 12.4 Å². The van der Waals surface area contributed by atoms with E-state index in [4.69, 9.17) is 10.5 Å². The van der Waals surface area contributed by atoms with E-state index in [2.05, 4.69) is 54.0 Å². The standard InChI is InChI=1S/C13H13BrN2O2.C8H9BrN2/c1-2-18-13(17)11-6-15-12-10(14)5-9(7-16(11)12)8-3-4-8;9-7-3-6(5-1-2-5)4-11-8(7)10/h5-8H,2-4H2,1H3;3-5H,1-2H2,(H2,10,11).